The van der Waals surface area contributed by atoms with E-state index in [-0.39, 0.29) is 0 Å². The Morgan fingerprint density at radius 3 is 2.55 bits per heavy atom. The first-order chi connectivity index (χ1) is 10.7. The van der Waals surface area contributed by atoms with Gasteiger partial charge in [-0.05, 0) is 24.1 Å². The molecule has 2 N–H and O–H groups in total. The highest BCUT2D eigenvalue weighted by Crippen LogP contribution is 2.19. The lowest BCUT2D eigenvalue weighted by Crippen LogP contribution is -2.09. The zero-order valence-electron chi connectivity index (χ0n) is 12.6. The highest BCUT2D eigenvalue weighted by molar-refractivity contribution is 7.80. The highest BCUT2D eigenvalue weighted by atomic mass is 32.1. The Balaban J connectivity index is 1.98. The number of hydrogen-bond donors (Lipinski definition) is 1. The van der Waals surface area contributed by atoms with Gasteiger partial charge in [-0.2, -0.15) is 0 Å². The van der Waals surface area contributed by atoms with Crippen molar-refractivity contribution in [2.45, 2.75) is 26.3 Å². The van der Waals surface area contributed by atoms with Crippen LogP contribution in [0.1, 0.15) is 30.3 Å². The molecule has 0 spiro atoms. The average Bonchev–Trinajstić information content (AvgIpc) is 2.86. The van der Waals surface area contributed by atoms with Crippen LogP contribution in [0.15, 0.2) is 48.5 Å². The molecule has 0 bridgehead atoms. The number of benzene rings is 2. The molecular weight excluding hydrogens is 290 g/mol. The molecule has 2 aromatic carbocycles. The van der Waals surface area contributed by atoms with E-state index in [0.717, 1.165) is 36.3 Å². The first-order valence-electron chi connectivity index (χ1n) is 7.52. The molecular formula is C18H19N3S. The Morgan fingerprint density at radius 1 is 1.14 bits per heavy atom. The minimum atomic E-state index is 0.436. The van der Waals surface area contributed by atoms with Crippen LogP contribution in [0.3, 0.4) is 0 Å². The van der Waals surface area contributed by atoms with Gasteiger partial charge in [-0.1, -0.05) is 55.5 Å². The third-order valence-electron chi connectivity index (χ3n) is 3.79. The highest BCUT2D eigenvalue weighted by Gasteiger charge is 2.10. The van der Waals surface area contributed by atoms with Gasteiger partial charge in [-0.3, -0.25) is 0 Å². The number of fused-ring (bicyclic) bond motifs is 1. The monoisotopic (exact) mass is 309 g/mol. The molecule has 3 aromatic rings. The SMILES string of the molecule is CCCc1nc2ccccc2n1Cc1ccc(C(N)=S)cc1. The van der Waals surface area contributed by atoms with Crippen molar-refractivity contribution in [2.75, 3.05) is 0 Å². The van der Waals surface area contributed by atoms with Crippen LogP contribution in [0.5, 0.6) is 0 Å². The Hall–Kier alpha value is -2.20. The molecule has 112 valence electrons. The lowest BCUT2D eigenvalue weighted by atomic mass is 10.1. The second kappa shape index (κ2) is 6.28. The van der Waals surface area contributed by atoms with Gasteiger partial charge in [0.05, 0.1) is 11.0 Å². The zero-order chi connectivity index (χ0) is 15.5. The van der Waals surface area contributed by atoms with Crippen LogP contribution < -0.4 is 5.73 Å². The van der Waals surface area contributed by atoms with Crippen molar-refractivity contribution in [1.29, 1.82) is 0 Å². The Kier molecular flexibility index (Phi) is 4.20. The number of aromatic nitrogens is 2. The molecule has 22 heavy (non-hydrogen) atoms. The zero-order valence-corrected chi connectivity index (χ0v) is 13.4. The fourth-order valence-corrected chi connectivity index (χ4v) is 2.81. The lowest BCUT2D eigenvalue weighted by Gasteiger charge is -2.09. The number of nitrogens with zero attached hydrogens (tertiary/aromatic N) is 2. The third kappa shape index (κ3) is 2.88. The van der Waals surface area contributed by atoms with E-state index in [0.29, 0.717) is 4.99 Å². The first kappa shape index (κ1) is 14.7. The number of aryl methyl sites for hydroxylation is 1. The van der Waals surface area contributed by atoms with Crippen LogP contribution in [0, 0.1) is 0 Å². The maximum absolute atomic E-state index is 5.65. The topological polar surface area (TPSA) is 43.8 Å². The van der Waals surface area contributed by atoms with Crippen molar-refractivity contribution in [3.8, 4) is 0 Å². The van der Waals surface area contributed by atoms with E-state index in [1.54, 1.807) is 0 Å². The maximum atomic E-state index is 5.65. The van der Waals surface area contributed by atoms with Gasteiger partial charge in [0.15, 0.2) is 0 Å². The van der Waals surface area contributed by atoms with E-state index in [1.807, 2.05) is 18.2 Å². The number of rotatable bonds is 5. The Morgan fingerprint density at radius 2 is 1.86 bits per heavy atom. The normalized spacial score (nSPS) is 11.0. The van der Waals surface area contributed by atoms with Crippen molar-refractivity contribution >= 4 is 28.2 Å². The number of thiocarbonyl (C=S) groups is 1. The molecule has 0 radical (unpaired) electrons. The molecule has 0 aliphatic heterocycles. The predicted molar refractivity (Wildman–Crippen MR) is 95.2 cm³/mol. The summed E-state index contributed by atoms with van der Waals surface area (Å²) >= 11 is 5.00. The van der Waals surface area contributed by atoms with Crippen molar-refractivity contribution in [3.63, 3.8) is 0 Å². The summed E-state index contributed by atoms with van der Waals surface area (Å²) in [6, 6.07) is 16.4. The predicted octanol–water partition coefficient (Wildman–Crippen LogP) is 3.67. The molecule has 3 nitrogen and oxygen atoms in total. The van der Waals surface area contributed by atoms with Gasteiger partial charge in [0.1, 0.15) is 10.8 Å². The molecule has 0 fully saturated rings. The van der Waals surface area contributed by atoms with Crippen LogP contribution in [0.4, 0.5) is 0 Å². The molecule has 0 saturated heterocycles. The fraction of sp³-hybridized carbons (Fsp3) is 0.222. The summed E-state index contributed by atoms with van der Waals surface area (Å²) in [6.07, 6.45) is 2.07. The van der Waals surface area contributed by atoms with Crippen LogP contribution in [-0.4, -0.2) is 14.5 Å². The van der Waals surface area contributed by atoms with E-state index >= 15 is 0 Å². The standard InChI is InChI=1S/C18H19N3S/c1-2-5-17-20-15-6-3-4-7-16(15)21(17)12-13-8-10-14(11-9-13)18(19)22/h3-4,6-11H,2,5,12H2,1H3,(H2,19,22). The molecule has 0 aliphatic carbocycles. The maximum Gasteiger partial charge on any atom is 0.110 e. The summed E-state index contributed by atoms with van der Waals surface area (Å²) in [5.74, 6) is 1.14. The van der Waals surface area contributed by atoms with Crippen LogP contribution in [0.25, 0.3) is 11.0 Å². The second-order valence-corrected chi connectivity index (χ2v) is 5.85. The first-order valence-corrected chi connectivity index (χ1v) is 7.92. The van der Waals surface area contributed by atoms with E-state index in [2.05, 4.69) is 41.8 Å². The van der Waals surface area contributed by atoms with E-state index in [9.17, 15) is 0 Å². The summed E-state index contributed by atoms with van der Waals surface area (Å²) in [7, 11) is 0. The fourth-order valence-electron chi connectivity index (χ4n) is 2.67. The summed E-state index contributed by atoms with van der Waals surface area (Å²) in [5, 5.41) is 0. The van der Waals surface area contributed by atoms with Gasteiger partial charge >= 0.3 is 0 Å². The molecule has 3 rings (SSSR count). The summed E-state index contributed by atoms with van der Waals surface area (Å²) in [5.41, 5.74) is 10.0. The van der Waals surface area contributed by atoms with Gasteiger partial charge in [0.2, 0.25) is 0 Å². The van der Waals surface area contributed by atoms with Gasteiger partial charge in [-0.25, -0.2) is 4.98 Å². The van der Waals surface area contributed by atoms with E-state index in [1.165, 1.54) is 11.1 Å². The van der Waals surface area contributed by atoms with Gasteiger partial charge < -0.3 is 10.3 Å². The minimum Gasteiger partial charge on any atom is -0.389 e. The van der Waals surface area contributed by atoms with Crippen molar-refractivity contribution in [1.82, 2.24) is 9.55 Å². The Bertz CT molecular complexity index is 803. The molecule has 4 heteroatoms. The van der Waals surface area contributed by atoms with Crippen molar-refractivity contribution in [3.05, 3.63) is 65.5 Å². The van der Waals surface area contributed by atoms with Crippen LogP contribution in [0.2, 0.25) is 0 Å². The summed E-state index contributed by atoms with van der Waals surface area (Å²) in [6.45, 7) is 2.99. The Labute approximate surface area is 135 Å². The quantitative estimate of drug-likeness (QED) is 0.731. The van der Waals surface area contributed by atoms with E-state index in [4.69, 9.17) is 22.9 Å². The number of hydrogen-bond acceptors (Lipinski definition) is 2. The van der Waals surface area contributed by atoms with E-state index < -0.39 is 0 Å². The smallest absolute Gasteiger partial charge is 0.110 e. The molecule has 1 heterocycles. The number of nitrogens with two attached hydrogens (primary N) is 1. The summed E-state index contributed by atoms with van der Waals surface area (Å²) < 4.78 is 2.30. The molecule has 0 unspecified atom stereocenters. The largest absolute Gasteiger partial charge is 0.389 e. The second-order valence-electron chi connectivity index (χ2n) is 5.41. The molecule has 0 amide bonds. The number of para-hydroxylation sites is 2. The molecule has 1 aromatic heterocycles. The van der Waals surface area contributed by atoms with Crippen LogP contribution >= 0.6 is 12.2 Å². The number of imidazole rings is 1. The molecule has 0 atom stereocenters. The summed E-state index contributed by atoms with van der Waals surface area (Å²) in [4.78, 5) is 5.20. The van der Waals surface area contributed by atoms with Gasteiger partial charge in [-0.15, -0.1) is 0 Å². The van der Waals surface area contributed by atoms with Crippen LogP contribution in [-0.2, 0) is 13.0 Å². The minimum absolute atomic E-state index is 0.436. The van der Waals surface area contributed by atoms with Crippen molar-refractivity contribution < 1.29 is 0 Å². The molecule has 0 saturated carbocycles. The van der Waals surface area contributed by atoms with Gasteiger partial charge in [0, 0.05) is 18.5 Å². The average molecular weight is 309 g/mol. The lowest BCUT2D eigenvalue weighted by molar-refractivity contribution is 0.722. The van der Waals surface area contributed by atoms with Gasteiger partial charge in [0.25, 0.3) is 0 Å². The third-order valence-corrected chi connectivity index (χ3v) is 4.02. The van der Waals surface area contributed by atoms with Crippen molar-refractivity contribution in [2.24, 2.45) is 5.73 Å². The molecule has 0 aliphatic rings.